The number of hydrogen-bond acceptors (Lipinski definition) is 2. The van der Waals surface area contributed by atoms with E-state index in [0.29, 0.717) is 17.1 Å². The molecule has 1 N–H and O–H groups in total. The van der Waals surface area contributed by atoms with Crippen LogP contribution in [0.25, 0.3) is 0 Å². The first-order valence-electron chi connectivity index (χ1n) is 6.52. The topological polar surface area (TPSA) is 21.3 Å². The molecule has 0 fully saturated rings. The number of ether oxygens (including phenoxy) is 1. The minimum absolute atomic E-state index is 0.135. The number of halogens is 3. The third-order valence-electron chi connectivity index (χ3n) is 3.28. The van der Waals surface area contributed by atoms with Crippen molar-refractivity contribution in [2.24, 2.45) is 0 Å². The van der Waals surface area contributed by atoms with Crippen LogP contribution in [-0.4, -0.2) is 7.11 Å². The Kier molecular flexibility index (Phi) is 5.15. The Hall–Kier alpha value is -1.65. The molecule has 0 saturated heterocycles. The molecule has 0 aromatic heterocycles. The van der Waals surface area contributed by atoms with E-state index >= 15 is 0 Å². The summed E-state index contributed by atoms with van der Waals surface area (Å²) in [5.74, 6) is -0.538. The lowest BCUT2D eigenvalue weighted by Crippen LogP contribution is -2.19. The Morgan fingerprint density at radius 1 is 1.14 bits per heavy atom. The molecule has 1 unspecified atom stereocenters. The fourth-order valence-corrected chi connectivity index (χ4v) is 2.21. The van der Waals surface area contributed by atoms with Crippen LogP contribution in [0.3, 0.4) is 0 Å². The first-order chi connectivity index (χ1) is 10.0. The van der Waals surface area contributed by atoms with Crippen molar-refractivity contribution < 1.29 is 13.5 Å². The lowest BCUT2D eigenvalue weighted by Gasteiger charge is -2.15. The van der Waals surface area contributed by atoms with Gasteiger partial charge >= 0.3 is 0 Å². The molecule has 0 bridgehead atoms. The van der Waals surface area contributed by atoms with Crippen LogP contribution in [0.2, 0.25) is 5.02 Å². The number of hydrogen-bond donors (Lipinski definition) is 1. The SMILES string of the molecule is COc1ccc(C(C)NCc2cc(Cl)ccc2F)cc1F. The van der Waals surface area contributed by atoms with Gasteiger partial charge in [0.25, 0.3) is 0 Å². The van der Waals surface area contributed by atoms with Gasteiger partial charge in [0.05, 0.1) is 7.11 Å². The van der Waals surface area contributed by atoms with E-state index in [2.05, 4.69) is 5.32 Å². The molecule has 2 nitrogen and oxygen atoms in total. The highest BCUT2D eigenvalue weighted by Crippen LogP contribution is 2.22. The third kappa shape index (κ3) is 3.93. The second-order valence-electron chi connectivity index (χ2n) is 4.73. The number of rotatable bonds is 5. The van der Waals surface area contributed by atoms with Crippen LogP contribution in [-0.2, 0) is 6.54 Å². The van der Waals surface area contributed by atoms with Gasteiger partial charge < -0.3 is 10.1 Å². The highest BCUT2D eigenvalue weighted by atomic mass is 35.5. The van der Waals surface area contributed by atoms with E-state index in [0.717, 1.165) is 5.56 Å². The van der Waals surface area contributed by atoms with Gasteiger partial charge in [0, 0.05) is 23.2 Å². The number of methoxy groups -OCH3 is 1. The zero-order valence-electron chi connectivity index (χ0n) is 11.8. The molecule has 0 spiro atoms. The Labute approximate surface area is 127 Å². The molecule has 21 heavy (non-hydrogen) atoms. The van der Waals surface area contributed by atoms with Crippen LogP contribution < -0.4 is 10.1 Å². The first-order valence-corrected chi connectivity index (χ1v) is 6.90. The molecular weight excluding hydrogens is 296 g/mol. The van der Waals surface area contributed by atoms with Crippen molar-refractivity contribution in [2.75, 3.05) is 7.11 Å². The highest BCUT2D eigenvalue weighted by molar-refractivity contribution is 6.30. The molecule has 0 aliphatic carbocycles. The quantitative estimate of drug-likeness (QED) is 0.879. The summed E-state index contributed by atoms with van der Waals surface area (Å²) in [6, 6.07) is 9.02. The summed E-state index contributed by atoms with van der Waals surface area (Å²) < 4.78 is 32.1. The monoisotopic (exact) mass is 311 g/mol. The predicted molar refractivity (Wildman–Crippen MR) is 79.6 cm³/mol. The van der Waals surface area contributed by atoms with Gasteiger partial charge in [0.2, 0.25) is 0 Å². The average Bonchev–Trinajstić information content (AvgIpc) is 2.47. The second kappa shape index (κ2) is 6.87. The summed E-state index contributed by atoms with van der Waals surface area (Å²) in [7, 11) is 1.42. The zero-order valence-corrected chi connectivity index (χ0v) is 12.5. The zero-order chi connectivity index (χ0) is 15.4. The third-order valence-corrected chi connectivity index (χ3v) is 3.52. The summed E-state index contributed by atoms with van der Waals surface area (Å²) in [5.41, 5.74) is 1.24. The molecule has 2 aromatic carbocycles. The van der Waals surface area contributed by atoms with Crippen molar-refractivity contribution in [3.05, 3.63) is 64.2 Å². The highest BCUT2D eigenvalue weighted by Gasteiger charge is 2.10. The maximum absolute atomic E-state index is 13.7. The van der Waals surface area contributed by atoms with E-state index in [1.54, 1.807) is 18.2 Å². The van der Waals surface area contributed by atoms with E-state index in [1.807, 2.05) is 6.92 Å². The second-order valence-corrected chi connectivity index (χ2v) is 5.17. The van der Waals surface area contributed by atoms with Gasteiger partial charge in [0.1, 0.15) is 5.82 Å². The van der Waals surface area contributed by atoms with E-state index in [9.17, 15) is 8.78 Å². The molecule has 0 amide bonds. The Balaban J connectivity index is 2.06. The first kappa shape index (κ1) is 15.7. The predicted octanol–water partition coefficient (Wildman–Crippen LogP) is 4.48. The van der Waals surface area contributed by atoms with E-state index in [-0.39, 0.29) is 17.6 Å². The van der Waals surface area contributed by atoms with Crippen molar-refractivity contribution in [3.8, 4) is 5.75 Å². The van der Waals surface area contributed by atoms with Crippen LogP contribution in [0.1, 0.15) is 24.1 Å². The van der Waals surface area contributed by atoms with E-state index < -0.39 is 5.82 Å². The summed E-state index contributed by atoms with van der Waals surface area (Å²) in [5, 5.41) is 3.62. The van der Waals surface area contributed by atoms with Gasteiger partial charge in [-0.05, 0) is 42.8 Å². The molecule has 112 valence electrons. The minimum atomic E-state index is -0.419. The summed E-state index contributed by atoms with van der Waals surface area (Å²) in [6.45, 7) is 2.19. The lowest BCUT2D eigenvalue weighted by atomic mass is 10.1. The smallest absolute Gasteiger partial charge is 0.165 e. The van der Waals surface area contributed by atoms with Crippen LogP contribution in [0.5, 0.6) is 5.75 Å². The van der Waals surface area contributed by atoms with Gasteiger partial charge in [-0.25, -0.2) is 8.78 Å². The Bertz CT molecular complexity index is 634. The van der Waals surface area contributed by atoms with E-state index in [4.69, 9.17) is 16.3 Å². The minimum Gasteiger partial charge on any atom is -0.494 e. The largest absolute Gasteiger partial charge is 0.494 e. The molecule has 0 aliphatic rings. The van der Waals surface area contributed by atoms with E-state index in [1.165, 1.54) is 25.3 Å². The molecule has 0 aliphatic heterocycles. The van der Waals surface area contributed by atoms with Gasteiger partial charge in [-0.3, -0.25) is 0 Å². The van der Waals surface area contributed by atoms with Crippen molar-refractivity contribution in [1.29, 1.82) is 0 Å². The summed E-state index contributed by atoms with van der Waals surface area (Å²) in [6.07, 6.45) is 0. The van der Waals surface area contributed by atoms with Crippen LogP contribution >= 0.6 is 11.6 Å². The normalized spacial score (nSPS) is 12.2. The van der Waals surface area contributed by atoms with Crippen LogP contribution in [0, 0.1) is 11.6 Å². The van der Waals surface area contributed by atoms with Gasteiger partial charge in [-0.1, -0.05) is 17.7 Å². The summed E-state index contributed by atoms with van der Waals surface area (Å²) >= 11 is 5.85. The van der Waals surface area contributed by atoms with Gasteiger partial charge in [-0.15, -0.1) is 0 Å². The van der Waals surface area contributed by atoms with Crippen molar-refractivity contribution in [2.45, 2.75) is 19.5 Å². The maximum Gasteiger partial charge on any atom is 0.165 e. The molecular formula is C16H16ClF2NO. The summed E-state index contributed by atoms with van der Waals surface area (Å²) in [4.78, 5) is 0. The number of benzene rings is 2. The van der Waals surface area contributed by atoms with Crippen LogP contribution in [0.15, 0.2) is 36.4 Å². The fourth-order valence-electron chi connectivity index (χ4n) is 2.01. The Morgan fingerprint density at radius 3 is 2.57 bits per heavy atom. The van der Waals surface area contributed by atoms with Crippen molar-refractivity contribution in [3.63, 3.8) is 0 Å². The standard InChI is InChI=1S/C16H16ClF2NO/c1-10(11-3-6-16(21-2)15(19)8-11)20-9-12-7-13(17)4-5-14(12)18/h3-8,10,20H,9H2,1-2H3. The molecule has 0 heterocycles. The van der Waals surface area contributed by atoms with Gasteiger partial charge in [-0.2, -0.15) is 0 Å². The van der Waals surface area contributed by atoms with Gasteiger partial charge in [0.15, 0.2) is 11.6 Å². The van der Waals surface area contributed by atoms with Crippen molar-refractivity contribution >= 4 is 11.6 Å². The maximum atomic E-state index is 13.7. The lowest BCUT2D eigenvalue weighted by molar-refractivity contribution is 0.385. The molecule has 0 saturated carbocycles. The fraction of sp³-hybridized carbons (Fsp3) is 0.250. The average molecular weight is 312 g/mol. The molecule has 2 aromatic rings. The van der Waals surface area contributed by atoms with Crippen molar-refractivity contribution in [1.82, 2.24) is 5.32 Å². The molecule has 2 rings (SSSR count). The molecule has 1 atom stereocenters. The molecule has 5 heteroatoms. The molecule has 0 radical (unpaired) electrons. The van der Waals surface area contributed by atoms with Crippen LogP contribution in [0.4, 0.5) is 8.78 Å². The Morgan fingerprint density at radius 2 is 1.90 bits per heavy atom. The number of nitrogens with one attached hydrogen (secondary N) is 1.